The van der Waals surface area contributed by atoms with Crippen LogP contribution in [0, 0.1) is 0 Å². The summed E-state index contributed by atoms with van der Waals surface area (Å²) in [5.74, 6) is 0.0295. The minimum absolute atomic E-state index is 0.0295. The number of amides is 1. The fourth-order valence-electron chi connectivity index (χ4n) is 1.27. The lowest BCUT2D eigenvalue weighted by Crippen LogP contribution is -2.33. The molecule has 4 N–H and O–H groups in total. The van der Waals surface area contributed by atoms with Crippen LogP contribution in [0.3, 0.4) is 0 Å². The van der Waals surface area contributed by atoms with E-state index < -0.39 is 22.9 Å². The molecule has 9 nitrogen and oxygen atoms in total. The zero-order valence-corrected chi connectivity index (χ0v) is 11.7. The van der Waals surface area contributed by atoms with Gasteiger partial charge in [0.05, 0.1) is 0 Å². The van der Waals surface area contributed by atoms with Gasteiger partial charge < -0.3 is 15.4 Å². The largest absolute Gasteiger partial charge is 0.444 e. The summed E-state index contributed by atoms with van der Waals surface area (Å²) in [5.41, 5.74) is -1.78. The van der Waals surface area contributed by atoms with Crippen LogP contribution in [0.5, 0.6) is 0 Å². The normalized spacial score (nSPS) is 10.9. The first kappa shape index (κ1) is 15.7. The fourth-order valence-corrected chi connectivity index (χ4v) is 1.27. The van der Waals surface area contributed by atoms with Gasteiger partial charge in [-0.25, -0.2) is 14.7 Å². The van der Waals surface area contributed by atoms with Crippen LogP contribution in [-0.4, -0.2) is 40.0 Å². The second-order valence-corrected chi connectivity index (χ2v) is 5.06. The molecule has 0 saturated heterocycles. The maximum atomic E-state index is 11.3. The molecule has 9 heteroatoms. The average molecular weight is 285 g/mol. The number of H-pyrrole nitrogens is 2. The Labute approximate surface area is 115 Å². The summed E-state index contributed by atoms with van der Waals surface area (Å²) in [5, 5.41) is 11.0. The number of hydrogen-bond donors (Lipinski definition) is 4. The second-order valence-electron chi connectivity index (χ2n) is 5.06. The van der Waals surface area contributed by atoms with E-state index in [1.807, 2.05) is 4.98 Å². The van der Waals surface area contributed by atoms with Crippen LogP contribution in [0.15, 0.2) is 9.59 Å². The number of rotatable bonds is 5. The molecule has 0 radical (unpaired) electrons. The molecule has 1 aromatic heterocycles. The van der Waals surface area contributed by atoms with Gasteiger partial charge in [0.1, 0.15) is 5.60 Å². The Kier molecular flexibility index (Phi) is 5.30. The molecule has 0 aromatic carbocycles. The molecule has 1 heterocycles. The number of nitrogens with zero attached hydrogens (tertiary/aromatic N) is 1. The summed E-state index contributed by atoms with van der Waals surface area (Å²) >= 11 is 0. The number of anilines is 1. The molecule has 0 aliphatic carbocycles. The van der Waals surface area contributed by atoms with Gasteiger partial charge in [-0.15, -0.1) is 5.10 Å². The number of nitrogens with one attached hydrogen (secondary N) is 4. The Morgan fingerprint density at radius 3 is 2.60 bits per heavy atom. The van der Waals surface area contributed by atoms with Gasteiger partial charge in [0.15, 0.2) is 0 Å². The molecule has 1 aromatic rings. The molecule has 112 valence electrons. The van der Waals surface area contributed by atoms with E-state index in [0.29, 0.717) is 19.5 Å². The number of alkyl carbamates (subject to hydrolysis) is 1. The smallest absolute Gasteiger partial charge is 0.407 e. The second kappa shape index (κ2) is 6.73. The molecule has 1 amide bonds. The molecular formula is C11H19N5O4. The number of aromatic nitrogens is 3. The SMILES string of the molecule is CC(C)(C)OC(=O)NCCCNc1n[nH]c(=O)[nH]c1=O. The van der Waals surface area contributed by atoms with Crippen LogP contribution in [0.1, 0.15) is 27.2 Å². The Bertz CT molecular complexity index is 557. The maximum Gasteiger partial charge on any atom is 0.407 e. The van der Waals surface area contributed by atoms with Crippen molar-refractivity contribution in [3.63, 3.8) is 0 Å². The highest BCUT2D eigenvalue weighted by molar-refractivity contribution is 5.67. The van der Waals surface area contributed by atoms with Crippen molar-refractivity contribution in [3.8, 4) is 0 Å². The molecule has 0 aliphatic rings. The maximum absolute atomic E-state index is 11.3. The molecule has 0 atom stereocenters. The molecule has 0 spiro atoms. The summed E-state index contributed by atoms with van der Waals surface area (Å²) in [7, 11) is 0. The van der Waals surface area contributed by atoms with Crippen molar-refractivity contribution < 1.29 is 9.53 Å². The van der Waals surface area contributed by atoms with E-state index in [9.17, 15) is 14.4 Å². The number of carbonyl (C=O) groups excluding carboxylic acids is 1. The molecule has 20 heavy (non-hydrogen) atoms. The van der Waals surface area contributed by atoms with E-state index in [-0.39, 0.29) is 5.82 Å². The molecule has 0 bridgehead atoms. The van der Waals surface area contributed by atoms with E-state index in [4.69, 9.17) is 4.74 Å². The van der Waals surface area contributed by atoms with E-state index in [2.05, 4.69) is 20.8 Å². The Morgan fingerprint density at radius 1 is 1.30 bits per heavy atom. The number of aromatic amines is 2. The van der Waals surface area contributed by atoms with Crippen molar-refractivity contribution >= 4 is 11.9 Å². The van der Waals surface area contributed by atoms with Crippen molar-refractivity contribution in [2.45, 2.75) is 32.8 Å². The third-order valence-corrected chi connectivity index (χ3v) is 2.03. The van der Waals surface area contributed by atoms with Crippen molar-refractivity contribution in [1.29, 1.82) is 0 Å². The molecule has 0 fully saturated rings. The summed E-state index contributed by atoms with van der Waals surface area (Å²) in [6.07, 6.45) is 0.0805. The zero-order chi connectivity index (χ0) is 15.2. The quantitative estimate of drug-likeness (QED) is 0.554. The summed E-state index contributed by atoms with van der Waals surface area (Å²) in [6, 6.07) is 0. The van der Waals surface area contributed by atoms with Gasteiger partial charge in [-0.05, 0) is 27.2 Å². The van der Waals surface area contributed by atoms with Crippen LogP contribution >= 0.6 is 0 Å². The van der Waals surface area contributed by atoms with E-state index in [0.717, 1.165) is 0 Å². The predicted octanol–water partition coefficient (Wildman–Crippen LogP) is -0.215. The van der Waals surface area contributed by atoms with Gasteiger partial charge in [-0.3, -0.25) is 9.78 Å². The van der Waals surface area contributed by atoms with Gasteiger partial charge >= 0.3 is 11.8 Å². The van der Waals surface area contributed by atoms with Crippen molar-refractivity contribution in [2.24, 2.45) is 0 Å². The van der Waals surface area contributed by atoms with Gasteiger partial charge in [0.25, 0.3) is 5.56 Å². The van der Waals surface area contributed by atoms with E-state index in [1.165, 1.54) is 0 Å². The molecule has 0 saturated carbocycles. The third kappa shape index (κ3) is 6.03. The van der Waals surface area contributed by atoms with E-state index in [1.54, 1.807) is 20.8 Å². The van der Waals surface area contributed by atoms with Crippen LogP contribution in [0.25, 0.3) is 0 Å². The van der Waals surface area contributed by atoms with Gasteiger partial charge in [0, 0.05) is 13.1 Å². The van der Waals surface area contributed by atoms with Crippen molar-refractivity contribution in [3.05, 3.63) is 20.8 Å². The predicted molar refractivity (Wildman–Crippen MR) is 72.8 cm³/mol. The summed E-state index contributed by atoms with van der Waals surface area (Å²) in [4.78, 5) is 35.4. The first-order valence-electron chi connectivity index (χ1n) is 6.17. The van der Waals surface area contributed by atoms with Crippen LogP contribution in [0.4, 0.5) is 10.6 Å². The standard InChI is InChI=1S/C11H19N5O4/c1-11(2,3)20-10(19)13-6-4-5-12-7-8(17)14-9(18)16-15-7/h4-6H2,1-3H3,(H,12,15)(H,13,19)(H2,14,16,17,18). The topological polar surface area (TPSA) is 129 Å². The number of hydrogen-bond acceptors (Lipinski definition) is 6. The van der Waals surface area contributed by atoms with E-state index >= 15 is 0 Å². The minimum Gasteiger partial charge on any atom is -0.444 e. The highest BCUT2D eigenvalue weighted by Gasteiger charge is 2.15. The molecule has 0 unspecified atom stereocenters. The Morgan fingerprint density at radius 2 is 2.00 bits per heavy atom. The first-order valence-corrected chi connectivity index (χ1v) is 6.17. The van der Waals surface area contributed by atoms with Crippen LogP contribution < -0.4 is 21.9 Å². The average Bonchev–Trinajstić information content (AvgIpc) is 2.28. The zero-order valence-electron chi connectivity index (χ0n) is 11.7. The first-order chi connectivity index (χ1) is 9.28. The van der Waals surface area contributed by atoms with Gasteiger partial charge in [-0.1, -0.05) is 0 Å². The molecular weight excluding hydrogens is 266 g/mol. The highest BCUT2D eigenvalue weighted by Crippen LogP contribution is 2.06. The number of carbonyl (C=O) groups is 1. The highest BCUT2D eigenvalue weighted by atomic mass is 16.6. The third-order valence-electron chi connectivity index (χ3n) is 2.03. The van der Waals surface area contributed by atoms with Crippen LogP contribution in [-0.2, 0) is 4.74 Å². The fraction of sp³-hybridized carbons (Fsp3) is 0.636. The van der Waals surface area contributed by atoms with Gasteiger partial charge in [-0.2, -0.15) is 0 Å². The lowest BCUT2D eigenvalue weighted by Gasteiger charge is -2.19. The molecule has 1 rings (SSSR count). The Hall–Kier alpha value is -2.32. The minimum atomic E-state index is -0.660. The number of ether oxygens (including phenoxy) is 1. The van der Waals surface area contributed by atoms with Crippen molar-refractivity contribution in [1.82, 2.24) is 20.5 Å². The summed E-state index contributed by atoms with van der Waals surface area (Å²) < 4.78 is 5.06. The molecule has 0 aliphatic heterocycles. The Balaban J connectivity index is 2.24. The van der Waals surface area contributed by atoms with Crippen molar-refractivity contribution in [2.75, 3.05) is 18.4 Å². The van der Waals surface area contributed by atoms with Crippen LogP contribution in [0.2, 0.25) is 0 Å². The monoisotopic (exact) mass is 285 g/mol. The summed E-state index contributed by atoms with van der Waals surface area (Å²) in [6.45, 7) is 6.15. The lowest BCUT2D eigenvalue weighted by atomic mass is 10.2. The van der Waals surface area contributed by atoms with Gasteiger partial charge in [0.2, 0.25) is 5.82 Å². The lowest BCUT2D eigenvalue weighted by molar-refractivity contribution is 0.0528.